The van der Waals surface area contributed by atoms with Crippen LogP contribution in [-0.4, -0.2) is 58.3 Å². The van der Waals surface area contributed by atoms with E-state index in [1.807, 2.05) is 12.1 Å². The number of hydrogen-bond acceptors (Lipinski definition) is 4. The summed E-state index contributed by atoms with van der Waals surface area (Å²) in [5.74, 6) is -0.296. The van der Waals surface area contributed by atoms with E-state index in [1.54, 1.807) is 6.07 Å². The Labute approximate surface area is 178 Å². The van der Waals surface area contributed by atoms with Crippen molar-refractivity contribution in [3.05, 3.63) is 41.8 Å². The van der Waals surface area contributed by atoms with E-state index in [0.29, 0.717) is 32.5 Å². The lowest BCUT2D eigenvalue weighted by Crippen LogP contribution is -2.53. The zero-order valence-electron chi connectivity index (χ0n) is 17.3. The normalized spacial score (nSPS) is 20.4. The molecule has 2 aromatic rings. The Morgan fingerprint density at radius 3 is 2.61 bits per heavy atom. The van der Waals surface area contributed by atoms with Crippen LogP contribution in [0, 0.1) is 5.82 Å². The minimum Gasteiger partial charge on any atom is -0.437 e. The quantitative estimate of drug-likeness (QED) is 0.639. The number of rotatable bonds is 3. The number of aromatic nitrogens is 1. The minimum atomic E-state index is -4.56. The van der Waals surface area contributed by atoms with E-state index in [1.165, 1.54) is 17.0 Å². The zero-order chi connectivity index (χ0) is 22.2. The molecular weight excluding hydrogens is 414 g/mol. The topological polar surface area (TPSA) is 45.7 Å². The third-order valence-corrected chi connectivity index (χ3v) is 6.49. The van der Waals surface area contributed by atoms with E-state index in [0.717, 1.165) is 42.9 Å². The van der Waals surface area contributed by atoms with Gasteiger partial charge in [0, 0.05) is 30.6 Å². The number of piperidine rings is 1. The molecule has 4 rings (SSSR count). The number of ether oxygens (including phenoxy) is 1. The number of amides is 1. The molecule has 2 aliphatic heterocycles. The monoisotopic (exact) mass is 439 g/mol. The number of alkyl halides is 3. The minimum absolute atomic E-state index is 0.0914. The van der Waals surface area contributed by atoms with Crippen LogP contribution in [0.2, 0.25) is 0 Å². The fraction of sp³-hybridized carbons (Fsp3) is 0.545. The Morgan fingerprint density at radius 1 is 1.16 bits per heavy atom. The number of hydrogen-bond donors (Lipinski definition) is 0. The van der Waals surface area contributed by atoms with Crippen LogP contribution in [0.3, 0.4) is 0 Å². The number of halogens is 4. The van der Waals surface area contributed by atoms with Crippen LogP contribution < -0.4 is 0 Å². The number of fused-ring (bicyclic) bond motifs is 1. The largest absolute Gasteiger partial charge is 0.437 e. The molecule has 0 aliphatic carbocycles. The van der Waals surface area contributed by atoms with Gasteiger partial charge in [0.05, 0.1) is 11.2 Å². The van der Waals surface area contributed by atoms with Gasteiger partial charge in [-0.15, -0.1) is 0 Å². The van der Waals surface area contributed by atoms with Crippen molar-refractivity contribution in [3.63, 3.8) is 0 Å². The van der Waals surface area contributed by atoms with Gasteiger partial charge in [-0.05, 0) is 63.4 Å². The molecule has 2 aliphatic rings. The summed E-state index contributed by atoms with van der Waals surface area (Å²) < 4.78 is 56.0. The predicted molar refractivity (Wildman–Crippen MR) is 107 cm³/mol. The molecule has 2 fully saturated rings. The van der Waals surface area contributed by atoms with E-state index in [4.69, 9.17) is 0 Å². The Kier molecular flexibility index (Phi) is 5.81. The molecular formula is C22H25F4N3O2. The van der Waals surface area contributed by atoms with E-state index < -0.39 is 18.4 Å². The average Bonchev–Trinajstić information content (AvgIpc) is 3.09. The molecule has 1 aromatic heterocycles. The summed E-state index contributed by atoms with van der Waals surface area (Å²) in [4.78, 5) is 20.5. The van der Waals surface area contributed by atoms with Crippen LogP contribution in [0.1, 0.15) is 38.3 Å². The highest BCUT2D eigenvalue weighted by atomic mass is 19.4. The number of carbonyl (C=O) groups is 1. The third-order valence-electron chi connectivity index (χ3n) is 6.49. The van der Waals surface area contributed by atoms with Crippen molar-refractivity contribution in [1.82, 2.24) is 14.8 Å². The van der Waals surface area contributed by atoms with Crippen molar-refractivity contribution < 1.29 is 27.1 Å². The zero-order valence-corrected chi connectivity index (χ0v) is 17.3. The highest BCUT2D eigenvalue weighted by Crippen LogP contribution is 2.39. The molecule has 0 radical (unpaired) electrons. The lowest BCUT2D eigenvalue weighted by molar-refractivity contribution is -0.200. The molecule has 168 valence electrons. The molecule has 1 aromatic carbocycles. The first kappa shape index (κ1) is 21.8. The maximum Gasteiger partial charge on any atom is 0.425 e. The van der Waals surface area contributed by atoms with Crippen molar-refractivity contribution >= 4 is 17.0 Å². The van der Waals surface area contributed by atoms with Gasteiger partial charge >= 0.3 is 12.3 Å². The molecule has 2 saturated heterocycles. The van der Waals surface area contributed by atoms with E-state index in [-0.39, 0.29) is 11.4 Å². The van der Waals surface area contributed by atoms with Gasteiger partial charge in [0.15, 0.2) is 6.10 Å². The standard InChI is InChI=1S/C22H25F4N3O2/c1-15(22(24,25)26)31-20(30)28-11-8-21(9-12-28)7-2-10-29(21)14-18-5-3-16-13-17(23)4-6-19(16)27-18/h3-6,13,15H,2,7-12,14H2,1H3. The van der Waals surface area contributed by atoms with Gasteiger partial charge in [-0.2, -0.15) is 13.2 Å². The summed E-state index contributed by atoms with van der Waals surface area (Å²) in [5, 5.41) is 0.750. The summed E-state index contributed by atoms with van der Waals surface area (Å²) in [6.45, 7) is 3.11. The number of carbonyl (C=O) groups excluding carboxylic acids is 1. The van der Waals surface area contributed by atoms with Crippen molar-refractivity contribution in [2.24, 2.45) is 0 Å². The van der Waals surface area contributed by atoms with Crippen LogP contribution in [0.25, 0.3) is 10.9 Å². The Morgan fingerprint density at radius 2 is 1.90 bits per heavy atom. The van der Waals surface area contributed by atoms with Crippen molar-refractivity contribution in [2.75, 3.05) is 19.6 Å². The molecule has 1 atom stereocenters. The molecule has 3 heterocycles. The summed E-state index contributed by atoms with van der Waals surface area (Å²) in [5.41, 5.74) is 1.54. The van der Waals surface area contributed by atoms with Gasteiger partial charge < -0.3 is 9.64 Å². The first-order chi connectivity index (χ1) is 14.7. The SMILES string of the molecule is CC(OC(=O)N1CCC2(CCCN2Cc2ccc3cc(F)ccc3n2)CC1)C(F)(F)F. The van der Waals surface area contributed by atoms with Crippen LogP contribution >= 0.6 is 0 Å². The molecule has 31 heavy (non-hydrogen) atoms. The highest BCUT2D eigenvalue weighted by Gasteiger charge is 2.45. The third kappa shape index (κ3) is 4.61. The Hall–Kier alpha value is -2.42. The molecule has 0 saturated carbocycles. The van der Waals surface area contributed by atoms with Gasteiger partial charge in [-0.3, -0.25) is 9.88 Å². The molecule has 0 N–H and O–H groups in total. The fourth-order valence-electron chi connectivity index (χ4n) is 4.63. The lowest BCUT2D eigenvalue weighted by atomic mass is 9.85. The van der Waals surface area contributed by atoms with Crippen molar-refractivity contribution in [2.45, 2.75) is 57.0 Å². The molecule has 5 nitrogen and oxygen atoms in total. The first-order valence-electron chi connectivity index (χ1n) is 10.5. The van der Waals surface area contributed by atoms with Crippen LogP contribution in [0.15, 0.2) is 30.3 Å². The Bertz CT molecular complexity index is 957. The van der Waals surface area contributed by atoms with Gasteiger partial charge in [0.25, 0.3) is 0 Å². The molecule has 1 amide bonds. The van der Waals surface area contributed by atoms with Gasteiger partial charge in [-0.1, -0.05) is 6.07 Å². The second kappa shape index (κ2) is 8.26. The number of likely N-dealkylation sites (tertiary alicyclic amines) is 2. The first-order valence-corrected chi connectivity index (χ1v) is 10.5. The van der Waals surface area contributed by atoms with Gasteiger partial charge in [0.2, 0.25) is 0 Å². The smallest absolute Gasteiger partial charge is 0.425 e. The molecule has 1 spiro atoms. The summed E-state index contributed by atoms with van der Waals surface area (Å²) >= 11 is 0. The van der Waals surface area contributed by atoms with E-state index in [9.17, 15) is 22.4 Å². The van der Waals surface area contributed by atoms with Crippen LogP contribution in [0.5, 0.6) is 0 Å². The number of pyridine rings is 1. The summed E-state index contributed by atoms with van der Waals surface area (Å²) in [7, 11) is 0. The predicted octanol–water partition coefficient (Wildman–Crippen LogP) is 4.89. The molecule has 9 heteroatoms. The van der Waals surface area contributed by atoms with Crippen LogP contribution in [-0.2, 0) is 11.3 Å². The number of benzene rings is 1. The average molecular weight is 439 g/mol. The lowest BCUT2D eigenvalue weighted by Gasteiger charge is -2.44. The fourth-order valence-corrected chi connectivity index (χ4v) is 4.63. The molecule has 1 unspecified atom stereocenters. The van der Waals surface area contributed by atoms with Crippen molar-refractivity contribution in [1.29, 1.82) is 0 Å². The maximum atomic E-state index is 13.4. The second-order valence-electron chi connectivity index (χ2n) is 8.44. The molecule has 0 bridgehead atoms. The maximum absolute atomic E-state index is 13.4. The van der Waals surface area contributed by atoms with Gasteiger partial charge in [-0.25, -0.2) is 9.18 Å². The van der Waals surface area contributed by atoms with Crippen LogP contribution in [0.4, 0.5) is 22.4 Å². The second-order valence-corrected chi connectivity index (χ2v) is 8.44. The Balaban J connectivity index is 1.40. The highest BCUT2D eigenvalue weighted by molar-refractivity contribution is 5.78. The summed E-state index contributed by atoms with van der Waals surface area (Å²) in [6.07, 6.45) is -4.23. The van der Waals surface area contributed by atoms with Gasteiger partial charge in [0.1, 0.15) is 5.82 Å². The van der Waals surface area contributed by atoms with E-state index >= 15 is 0 Å². The van der Waals surface area contributed by atoms with Crippen molar-refractivity contribution in [3.8, 4) is 0 Å². The number of nitrogens with zero attached hydrogens (tertiary/aromatic N) is 3. The van der Waals surface area contributed by atoms with E-state index in [2.05, 4.69) is 14.6 Å². The summed E-state index contributed by atoms with van der Waals surface area (Å²) in [6, 6.07) is 8.28.